The fourth-order valence-electron chi connectivity index (χ4n) is 0.866. The number of rotatable bonds is 9. The fourth-order valence-corrected chi connectivity index (χ4v) is 0.866. The minimum atomic E-state index is -1.19. The molecule has 0 saturated heterocycles. The number of hydrogen-bond donors (Lipinski definition) is 4. The van der Waals surface area contributed by atoms with Crippen LogP contribution in [0.3, 0.4) is 0 Å². The van der Waals surface area contributed by atoms with Gasteiger partial charge in [-0.25, -0.2) is 4.79 Å². The van der Waals surface area contributed by atoms with Gasteiger partial charge in [-0.1, -0.05) is 6.58 Å². The lowest BCUT2D eigenvalue weighted by molar-refractivity contribution is -0.149. The van der Waals surface area contributed by atoms with Crippen LogP contribution in [-0.4, -0.2) is 71.0 Å². The maximum absolute atomic E-state index is 11.3. The summed E-state index contributed by atoms with van der Waals surface area (Å²) in [6.07, 6.45) is -2.81. The van der Waals surface area contributed by atoms with E-state index in [4.69, 9.17) is 20.4 Å². The van der Waals surface area contributed by atoms with Crippen LogP contribution in [0.5, 0.6) is 0 Å². The molecule has 0 amide bonds. The van der Waals surface area contributed by atoms with Crippen LogP contribution < -0.4 is 0 Å². The average Bonchev–Trinajstić information content (AvgIpc) is 2.41. The Morgan fingerprint density at radius 3 is 1.95 bits per heavy atom. The molecule has 0 aromatic heterocycles. The molecule has 0 aliphatic heterocycles. The Kier molecular flexibility index (Phi) is 8.71. The van der Waals surface area contributed by atoms with Crippen LogP contribution in [0, 0.1) is 0 Å². The molecule has 0 fully saturated rings. The summed E-state index contributed by atoms with van der Waals surface area (Å²) in [5.41, 5.74) is -0.186. The second-order valence-corrected chi connectivity index (χ2v) is 3.73. The zero-order valence-electron chi connectivity index (χ0n) is 10.3. The molecular weight excluding hydrogens is 260 g/mol. The number of aliphatic hydroxyl groups excluding tert-OH is 4. The molecule has 8 nitrogen and oxygen atoms in total. The molecule has 0 radical (unpaired) electrons. The Morgan fingerprint density at radius 1 is 1.00 bits per heavy atom. The lowest BCUT2D eigenvalue weighted by Crippen LogP contribution is -2.24. The summed E-state index contributed by atoms with van der Waals surface area (Å²) in [7, 11) is 0. The van der Waals surface area contributed by atoms with E-state index < -0.39 is 50.4 Å². The van der Waals surface area contributed by atoms with Crippen LogP contribution in [0.2, 0.25) is 0 Å². The van der Waals surface area contributed by atoms with Gasteiger partial charge >= 0.3 is 11.9 Å². The van der Waals surface area contributed by atoms with Gasteiger partial charge in [0, 0.05) is 5.57 Å². The number of hydrogen-bond acceptors (Lipinski definition) is 8. The van der Waals surface area contributed by atoms with Crippen LogP contribution in [0.4, 0.5) is 0 Å². The Hall–Kier alpha value is -1.48. The van der Waals surface area contributed by atoms with Crippen LogP contribution in [0.15, 0.2) is 12.2 Å². The van der Waals surface area contributed by atoms with Crippen LogP contribution in [-0.2, 0) is 19.1 Å². The van der Waals surface area contributed by atoms with Gasteiger partial charge in [-0.3, -0.25) is 4.79 Å². The average molecular weight is 278 g/mol. The third-order valence-corrected chi connectivity index (χ3v) is 1.91. The van der Waals surface area contributed by atoms with E-state index in [1.807, 2.05) is 0 Å². The quantitative estimate of drug-likeness (QED) is 0.274. The highest BCUT2D eigenvalue weighted by atomic mass is 16.6. The molecule has 4 N–H and O–H groups in total. The van der Waals surface area contributed by atoms with E-state index in [0.717, 1.165) is 0 Å². The van der Waals surface area contributed by atoms with Gasteiger partial charge in [-0.2, -0.15) is 0 Å². The summed E-state index contributed by atoms with van der Waals surface area (Å²) in [6.45, 7) is 1.42. The molecule has 0 spiro atoms. The van der Waals surface area contributed by atoms with Crippen LogP contribution in [0.1, 0.15) is 6.42 Å². The zero-order valence-corrected chi connectivity index (χ0v) is 10.3. The van der Waals surface area contributed by atoms with E-state index in [-0.39, 0.29) is 12.2 Å². The number of carbonyl (C=O) groups is 2. The molecule has 0 rings (SSSR count). The van der Waals surface area contributed by atoms with Crippen molar-refractivity contribution in [3.05, 3.63) is 12.2 Å². The molecule has 0 heterocycles. The van der Waals surface area contributed by atoms with Crippen molar-refractivity contribution in [1.82, 2.24) is 0 Å². The number of aliphatic hydroxyl groups is 4. The topological polar surface area (TPSA) is 134 Å². The van der Waals surface area contributed by atoms with E-state index in [9.17, 15) is 9.59 Å². The minimum absolute atomic E-state index is 0.186. The van der Waals surface area contributed by atoms with Gasteiger partial charge in [-0.05, 0) is 0 Å². The predicted molar refractivity (Wildman–Crippen MR) is 61.9 cm³/mol. The maximum atomic E-state index is 11.3. The Balaban J connectivity index is 3.95. The van der Waals surface area contributed by atoms with Gasteiger partial charge in [0.2, 0.25) is 0 Å². The highest BCUT2D eigenvalue weighted by Crippen LogP contribution is 2.04. The molecule has 2 unspecified atom stereocenters. The van der Waals surface area contributed by atoms with Gasteiger partial charge < -0.3 is 29.9 Å². The zero-order chi connectivity index (χ0) is 14.8. The summed E-state index contributed by atoms with van der Waals surface area (Å²) in [6, 6.07) is 0. The lowest BCUT2D eigenvalue weighted by Gasteiger charge is -2.11. The molecule has 0 aromatic carbocycles. The number of esters is 2. The molecule has 110 valence electrons. The molecule has 8 heteroatoms. The SMILES string of the molecule is C=C(CC(=O)OCC(O)CO)C(=O)OCC(O)CO. The maximum Gasteiger partial charge on any atom is 0.334 e. The highest BCUT2D eigenvalue weighted by Gasteiger charge is 2.16. The number of carbonyl (C=O) groups excluding carboxylic acids is 2. The fraction of sp³-hybridized carbons (Fsp3) is 0.636. The standard InChI is InChI=1S/C11H18O8/c1-7(11(17)19-6-9(15)4-13)2-10(16)18-5-8(14)3-12/h8-9,12-15H,1-6H2. The molecule has 0 bridgehead atoms. The van der Waals surface area contributed by atoms with Crippen molar-refractivity contribution < 1.29 is 39.5 Å². The van der Waals surface area contributed by atoms with Crippen molar-refractivity contribution in [2.45, 2.75) is 18.6 Å². The molecule has 0 aliphatic rings. The Bertz CT molecular complexity index is 314. The first kappa shape index (κ1) is 17.5. The van der Waals surface area contributed by atoms with Gasteiger partial charge in [0.25, 0.3) is 0 Å². The Labute approximate surface area is 109 Å². The summed E-state index contributed by atoms with van der Waals surface area (Å²) in [5, 5.41) is 34.9. The summed E-state index contributed by atoms with van der Waals surface area (Å²) < 4.78 is 9.11. The molecule has 19 heavy (non-hydrogen) atoms. The van der Waals surface area contributed by atoms with Crippen molar-refractivity contribution in [3.8, 4) is 0 Å². The monoisotopic (exact) mass is 278 g/mol. The van der Waals surface area contributed by atoms with Gasteiger partial charge in [0.05, 0.1) is 19.6 Å². The van der Waals surface area contributed by atoms with Crippen molar-refractivity contribution in [2.24, 2.45) is 0 Å². The highest BCUT2D eigenvalue weighted by molar-refractivity contribution is 5.93. The third kappa shape index (κ3) is 8.27. The molecule has 0 saturated carbocycles. The molecule has 0 aromatic rings. The van der Waals surface area contributed by atoms with Gasteiger partial charge in [0.15, 0.2) is 0 Å². The van der Waals surface area contributed by atoms with Crippen molar-refractivity contribution in [2.75, 3.05) is 26.4 Å². The van der Waals surface area contributed by atoms with E-state index in [2.05, 4.69) is 16.1 Å². The predicted octanol–water partition coefficient (Wildman–Crippen LogP) is -2.27. The van der Waals surface area contributed by atoms with Crippen molar-refractivity contribution in [1.29, 1.82) is 0 Å². The van der Waals surface area contributed by atoms with Crippen molar-refractivity contribution >= 4 is 11.9 Å². The summed E-state index contributed by atoms with van der Waals surface area (Å²) in [5.74, 6) is -1.70. The molecule has 2 atom stereocenters. The van der Waals surface area contributed by atoms with E-state index in [1.165, 1.54) is 0 Å². The van der Waals surface area contributed by atoms with Crippen molar-refractivity contribution in [3.63, 3.8) is 0 Å². The minimum Gasteiger partial charge on any atom is -0.463 e. The first-order valence-corrected chi connectivity index (χ1v) is 5.49. The third-order valence-electron chi connectivity index (χ3n) is 1.91. The second-order valence-electron chi connectivity index (χ2n) is 3.73. The second kappa shape index (κ2) is 9.45. The van der Waals surface area contributed by atoms with Crippen LogP contribution >= 0.6 is 0 Å². The first-order chi connectivity index (χ1) is 8.90. The molecular formula is C11H18O8. The van der Waals surface area contributed by atoms with E-state index in [1.54, 1.807) is 0 Å². The lowest BCUT2D eigenvalue weighted by atomic mass is 10.2. The summed E-state index contributed by atoms with van der Waals surface area (Å²) >= 11 is 0. The summed E-state index contributed by atoms with van der Waals surface area (Å²) in [4.78, 5) is 22.5. The van der Waals surface area contributed by atoms with E-state index >= 15 is 0 Å². The van der Waals surface area contributed by atoms with E-state index in [0.29, 0.717) is 0 Å². The van der Waals surface area contributed by atoms with Gasteiger partial charge in [-0.15, -0.1) is 0 Å². The Morgan fingerprint density at radius 2 is 1.47 bits per heavy atom. The molecule has 0 aliphatic carbocycles. The number of ether oxygens (including phenoxy) is 2. The first-order valence-electron chi connectivity index (χ1n) is 5.49. The van der Waals surface area contributed by atoms with Gasteiger partial charge in [0.1, 0.15) is 25.4 Å². The van der Waals surface area contributed by atoms with Crippen LogP contribution in [0.25, 0.3) is 0 Å². The largest absolute Gasteiger partial charge is 0.463 e. The smallest absolute Gasteiger partial charge is 0.334 e. The normalized spacial score (nSPS) is 13.5.